The first-order valence-electron chi connectivity index (χ1n) is 18.8. The van der Waals surface area contributed by atoms with E-state index >= 15 is 0 Å². The van der Waals surface area contributed by atoms with Crippen molar-refractivity contribution >= 4 is 17.6 Å². The molecule has 1 N–H and O–H groups in total. The number of esters is 1. The molecule has 5 nitrogen and oxygen atoms in total. The summed E-state index contributed by atoms with van der Waals surface area (Å²) in [4.78, 5) is 16.7. The molecule has 53 heavy (non-hydrogen) atoms. The number of imidazole rings is 1. The summed E-state index contributed by atoms with van der Waals surface area (Å²) in [7, 11) is 0. The number of halogens is 1. The molecule has 0 spiro atoms. The maximum atomic E-state index is 12.4. The SMILES string of the molecule is C[C@]12CC[C@@H]3c4ccc(OC(=O)c5ccccc5)cc4CC[C@H]3[C@@H]1CC[C@@H]2O.Clc1ccccc1C(c1ccccc1)(c1ccccc1)n1ccnc1. The van der Waals surface area contributed by atoms with E-state index in [0.29, 0.717) is 29.1 Å². The Balaban J connectivity index is 0.000000152. The number of benzene rings is 5. The normalized spacial score (nSPS) is 23.1. The van der Waals surface area contributed by atoms with E-state index in [1.54, 1.807) is 18.3 Å². The number of rotatable bonds is 6. The van der Waals surface area contributed by atoms with Gasteiger partial charge in [-0.2, -0.15) is 0 Å². The van der Waals surface area contributed by atoms with Crippen molar-refractivity contribution in [2.75, 3.05) is 0 Å². The van der Waals surface area contributed by atoms with Crippen LogP contribution in [-0.2, 0) is 12.0 Å². The zero-order valence-corrected chi connectivity index (χ0v) is 30.8. The second-order valence-corrected chi connectivity index (χ2v) is 15.5. The van der Waals surface area contributed by atoms with Crippen LogP contribution in [0.25, 0.3) is 0 Å². The first-order chi connectivity index (χ1) is 25.9. The standard InChI is InChI=1S/C25H28O3.C22H17ClN2/c1-25-14-13-20-19-10-8-18(28-24(27)16-5-3-2-4-6-16)15-17(19)7-9-21(20)22(25)11-12-23(25)26;23-21-14-8-7-13-20(21)22(25-16-15-24-17-25,18-9-3-1-4-10-18)19-11-5-2-6-12-19/h2-6,8,10,15,20-23,26H,7,9,11-14H2,1H3;1-17H/t20-,21-,22+,23+,25+;/m1./s1. The van der Waals surface area contributed by atoms with Crippen LogP contribution in [0.15, 0.2) is 152 Å². The van der Waals surface area contributed by atoms with Crippen LogP contribution in [0.1, 0.15) is 83.1 Å². The first kappa shape index (κ1) is 35.1. The zero-order chi connectivity index (χ0) is 36.4. The van der Waals surface area contributed by atoms with Crippen molar-refractivity contribution in [2.45, 2.75) is 63.0 Å². The van der Waals surface area contributed by atoms with Gasteiger partial charge in [-0.1, -0.05) is 122 Å². The number of carbonyl (C=O) groups excluding carboxylic acids is 1. The van der Waals surface area contributed by atoms with E-state index < -0.39 is 5.54 Å². The Labute approximate surface area is 317 Å². The second-order valence-electron chi connectivity index (χ2n) is 15.1. The van der Waals surface area contributed by atoms with Crippen molar-refractivity contribution < 1.29 is 14.6 Å². The molecule has 0 amide bonds. The number of aliphatic hydroxyl groups is 1. The minimum Gasteiger partial charge on any atom is -0.423 e. The molecule has 1 aromatic heterocycles. The van der Waals surface area contributed by atoms with E-state index in [1.165, 1.54) is 24.0 Å². The van der Waals surface area contributed by atoms with E-state index in [1.807, 2.05) is 67.1 Å². The highest BCUT2D eigenvalue weighted by molar-refractivity contribution is 6.31. The smallest absolute Gasteiger partial charge is 0.343 e. The lowest BCUT2D eigenvalue weighted by Gasteiger charge is -2.50. The molecule has 0 radical (unpaired) electrons. The zero-order valence-electron chi connectivity index (χ0n) is 30.0. The molecular formula is C47H45ClN2O3. The average Bonchev–Trinajstić information content (AvgIpc) is 3.85. The number of hydrogen-bond donors (Lipinski definition) is 1. The summed E-state index contributed by atoms with van der Waals surface area (Å²) in [6, 6.07) is 44.2. The van der Waals surface area contributed by atoms with Gasteiger partial charge in [0.2, 0.25) is 0 Å². The van der Waals surface area contributed by atoms with Crippen LogP contribution >= 0.6 is 11.6 Å². The van der Waals surface area contributed by atoms with Crippen molar-refractivity contribution in [3.8, 4) is 5.75 Å². The quantitative estimate of drug-likeness (QED) is 0.106. The molecular weight excluding hydrogens is 676 g/mol. The third kappa shape index (κ3) is 6.40. The largest absolute Gasteiger partial charge is 0.423 e. The van der Waals surface area contributed by atoms with Crippen LogP contribution in [0.3, 0.4) is 0 Å². The predicted octanol–water partition coefficient (Wildman–Crippen LogP) is 10.5. The van der Waals surface area contributed by atoms with E-state index in [9.17, 15) is 9.90 Å². The lowest BCUT2D eigenvalue weighted by Crippen LogP contribution is -2.43. The van der Waals surface area contributed by atoms with E-state index in [4.69, 9.17) is 16.3 Å². The number of carbonyl (C=O) groups is 1. The Morgan fingerprint density at radius 1 is 0.830 bits per heavy atom. The summed E-state index contributed by atoms with van der Waals surface area (Å²) in [6.45, 7) is 2.31. The molecule has 3 aliphatic carbocycles. The third-order valence-corrected chi connectivity index (χ3v) is 12.7. The van der Waals surface area contributed by atoms with Gasteiger partial charge in [-0.15, -0.1) is 0 Å². The summed E-state index contributed by atoms with van der Waals surface area (Å²) < 4.78 is 7.75. The molecule has 1 heterocycles. The van der Waals surface area contributed by atoms with E-state index in [2.05, 4.69) is 83.2 Å². The Hall–Kier alpha value is -4.97. The van der Waals surface area contributed by atoms with Gasteiger partial charge in [0, 0.05) is 23.0 Å². The number of aromatic nitrogens is 2. The van der Waals surface area contributed by atoms with Crippen molar-refractivity contribution in [2.24, 2.45) is 17.3 Å². The summed E-state index contributed by atoms with van der Waals surface area (Å²) in [5.74, 6) is 2.25. The predicted molar refractivity (Wildman–Crippen MR) is 210 cm³/mol. The van der Waals surface area contributed by atoms with Gasteiger partial charge in [-0.25, -0.2) is 9.78 Å². The number of aryl methyl sites for hydroxylation is 1. The average molecular weight is 721 g/mol. The van der Waals surface area contributed by atoms with Gasteiger partial charge >= 0.3 is 5.97 Å². The second kappa shape index (κ2) is 14.8. The van der Waals surface area contributed by atoms with Crippen LogP contribution in [0.4, 0.5) is 0 Å². The first-order valence-corrected chi connectivity index (χ1v) is 19.2. The van der Waals surface area contributed by atoms with E-state index in [0.717, 1.165) is 47.4 Å². The fraction of sp³-hybridized carbons (Fsp3) is 0.277. The molecule has 6 heteroatoms. The van der Waals surface area contributed by atoms with Crippen LogP contribution in [0.2, 0.25) is 5.02 Å². The molecule has 5 aromatic carbocycles. The highest BCUT2D eigenvalue weighted by atomic mass is 35.5. The summed E-state index contributed by atoms with van der Waals surface area (Å²) in [5.41, 5.74) is 6.17. The molecule has 268 valence electrons. The molecule has 0 bridgehead atoms. The van der Waals surface area contributed by atoms with Gasteiger partial charge in [-0.3, -0.25) is 0 Å². The minimum absolute atomic E-state index is 0.115. The Bertz CT molecular complexity index is 2120. The van der Waals surface area contributed by atoms with Crippen LogP contribution in [-0.4, -0.2) is 26.7 Å². The fourth-order valence-corrected chi connectivity index (χ4v) is 10.1. The Kier molecular flexibility index (Phi) is 9.80. The molecule has 6 aromatic rings. The van der Waals surface area contributed by atoms with Gasteiger partial charge in [0.05, 0.1) is 18.0 Å². The van der Waals surface area contributed by atoms with Gasteiger partial charge in [0.25, 0.3) is 0 Å². The highest BCUT2D eigenvalue weighted by Gasteiger charge is 2.54. The van der Waals surface area contributed by atoms with Crippen molar-refractivity contribution in [3.63, 3.8) is 0 Å². The Morgan fingerprint density at radius 3 is 2.15 bits per heavy atom. The molecule has 2 saturated carbocycles. The van der Waals surface area contributed by atoms with Crippen LogP contribution in [0, 0.1) is 17.3 Å². The maximum absolute atomic E-state index is 12.4. The Morgan fingerprint density at radius 2 is 1.49 bits per heavy atom. The number of fused-ring (bicyclic) bond motifs is 5. The lowest BCUT2D eigenvalue weighted by atomic mass is 9.55. The topological polar surface area (TPSA) is 64.3 Å². The van der Waals surface area contributed by atoms with Gasteiger partial charge < -0.3 is 14.4 Å². The lowest BCUT2D eigenvalue weighted by molar-refractivity contribution is -0.0226. The van der Waals surface area contributed by atoms with E-state index in [-0.39, 0.29) is 17.5 Å². The molecule has 0 unspecified atom stereocenters. The van der Waals surface area contributed by atoms with Crippen molar-refractivity contribution in [1.82, 2.24) is 9.55 Å². The number of ether oxygens (including phenoxy) is 1. The summed E-state index contributed by atoms with van der Waals surface area (Å²) in [6.07, 6.45) is 12.1. The number of nitrogens with zero attached hydrogens (tertiary/aromatic N) is 2. The molecule has 0 aliphatic heterocycles. The van der Waals surface area contributed by atoms with Gasteiger partial charge in [0.1, 0.15) is 11.3 Å². The summed E-state index contributed by atoms with van der Waals surface area (Å²) >= 11 is 6.69. The number of hydrogen-bond acceptors (Lipinski definition) is 4. The maximum Gasteiger partial charge on any atom is 0.343 e. The fourth-order valence-electron chi connectivity index (χ4n) is 9.82. The molecule has 0 saturated heterocycles. The van der Waals surface area contributed by atoms with Crippen molar-refractivity contribution in [3.05, 3.63) is 191 Å². The minimum atomic E-state index is -0.586. The summed E-state index contributed by atoms with van der Waals surface area (Å²) in [5, 5.41) is 11.3. The molecule has 9 rings (SSSR count). The number of aliphatic hydroxyl groups excluding tert-OH is 1. The molecule has 5 atom stereocenters. The third-order valence-electron chi connectivity index (χ3n) is 12.4. The highest BCUT2D eigenvalue weighted by Crippen LogP contribution is 2.61. The molecule has 3 aliphatic rings. The molecule has 2 fully saturated rings. The van der Waals surface area contributed by atoms with Crippen LogP contribution in [0.5, 0.6) is 5.75 Å². The monoisotopic (exact) mass is 720 g/mol. The van der Waals surface area contributed by atoms with Gasteiger partial charge in [-0.05, 0) is 114 Å². The van der Waals surface area contributed by atoms with Crippen molar-refractivity contribution in [1.29, 1.82) is 0 Å². The van der Waals surface area contributed by atoms with Gasteiger partial charge in [0.15, 0.2) is 0 Å². The van der Waals surface area contributed by atoms with Crippen LogP contribution < -0.4 is 4.74 Å².